The van der Waals surface area contributed by atoms with Crippen LogP contribution in [0.3, 0.4) is 0 Å². The van der Waals surface area contributed by atoms with Gasteiger partial charge in [0.2, 0.25) is 5.95 Å². The van der Waals surface area contributed by atoms with Crippen LogP contribution >= 0.6 is 11.6 Å². The number of rotatable bonds is 7. The van der Waals surface area contributed by atoms with Gasteiger partial charge in [-0.25, -0.2) is 18.4 Å². The lowest BCUT2D eigenvalue weighted by Crippen LogP contribution is -2.23. The van der Waals surface area contributed by atoms with Crippen molar-refractivity contribution >= 4 is 44.2 Å². The third-order valence-electron chi connectivity index (χ3n) is 7.55. The van der Waals surface area contributed by atoms with Crippen molar-refractivity contribution in [2.75, 3.05) is 10.0 Å². The zero-order chi connectivity index (χ0) is 26.9. The van der Waals surface area contributed by atoms with E-state index in [1.165, 1.54) is 38.2 Å². The molecule has 198 valence electrons. The van der Waals surface area contributed by atoms with E-state index in [4.69, 9.17) is 16.6 Å². The maximum absolute atomic E-state index is 13.0. The van der Waals surface area contributed by atoms with E-state index in [2.05, 4.69) is 34.1 Å². The largest absolute Gasteiger partial charge is 0.351 e. The highest BCUT2D eigenvalue weighted by Crippen LogP contribution is 2.34. The Balaban J connectivity index is 1.47. The molecule has 1 heterocycles. The second kappa shape index (κ2) is 10.9. The predicted octanol–water partition coefficient (Wildman–Crippen LogP) is 7.67. The number of nitrogens with one attached hydrogen (secondary N) is 2. The molecule has 1 aromatic heterocycles. The molecule has 0 saturated heterocycles. The molecule has 0 spiro atoms. The first-order chi connectivity index (χ1) is 18.3. The molecule has 0 atom stereocenters. The van der Waals surface area contributed by atoms with Crippen LogP contribution in [0.25, 0.3) is 22.0 Å². The molecule has 1 fully saturated rings. The van der Waals surface area contributed by atoms with Crippen LogP contribution in [0.2, 0.25) is 5.02 Å². The van der Waals surface area contributed by atoms with Gasteiger partial charge in [-0.15, -0.1) is 0 Å². The molecule has 2 N–H and O–H groups in total. The summed E-state index contributed by atoms with van der Waals surface area (Å²) in [6.45, 7) is 6.08. The molecule has 6 nitrogen and oxygen atoms in total. The minimum absolute atomic E-state index is 0.0576. The molecular weight excluding hydrogens is 516 g/mol. The molecule has 0 bridgehead atoms. The van der Waals surface area contributed by atoms with Crippen LogP contribution in [0.15, 0.2) is 59.6 Å². The Morgan fingerprint density at radius 1 is 1.00 bits per heavy atom. The van der Waals surface area contributed by atoms with Crippen molar-refractivity contribution in [2.45, 2.75) is 70.2 Å². The van der Waals surface area contributed by atoms with E-state index in [9.17, 15) is 8.42 Å². The summed E-state index contributed by atoms with van der Waals surface area (Å²) in [6.07, 6.45) is 8.92. The van der Waals surface area contributed by atoms with Gasteiger partial charge < -0.3 is 5.32 Å². The van der Waals surface area contributed by atoms with E-state index in [1.54, 1.807) is 18.2 Å². The van der Waals surface area contributed by atoms with Gasteiger partial charge in [0.1, 0.15) is 4.90 Å². The van der Waals surface area contributed by atoms with Crippen LogP contribution < -0.4 is 10.0 Å². The number of hydrogen-bond donors (Lipinski definition) is 2. The molecule has 0 amide bonds. The fourth-order valence-electron chi connectivity index (χ4n) is 5.25. The summed E-state index contributed by atoms with van der Waals surface area (Å²) in [5.41, 5.74) is 6.64. The van der Waals surface area contributed by atoms with E-state index >= 15 is 0 Å². The fourth-order valence-corrected chi connectivity index (χ4v) is 6.89. The number of aryl methyl sites for hydroxylation is 1. The number of anilines is 2. The van der Waals surface area contributed by atoms with Crippen LogP contribution in [-0.4, -0.2) is 24.4 Å². The van der Waals surface area contributed by atoms with Crippen LogP contribution in [-0.2, 0) is 16.4 Å². The lowest BCUT2D eigenvalue weighted by molar-refractivity contribution is 0.461. The van der Waals surface area contributed by atoms with E-state index in [1.807, 2.05) is 32.2 Å². The predicted molar refractivity (Wildman–Crippen MR) is 157 cm³/mol. The van der Waals surface area contributed by atoms with Gasteiger partial charge in [-0.1, -0.05) is 56.0 Å². The van der Waals surface area contributed by atoms with Gasteiger partial charge in [0.05, 0.1) is 16.2 Å². The highest BCUT2D eigenvalue weighted by Gasteiger charge is 2.20. The quantitative estimate of drug-likeness (QED) is 0.247. The zero-order valence-electron chi connectivity index (χ0n) is 22.0. The Hall–Kier alpha value is -3.16. The second-order valence-corrected chi connectivity index (χ2v) is 12.1. The van der Waals surface area contributed by atoms with Crippen LogP contribution in [0, 0.1) is 13.8 Å². The van der Waals surface area contributed by atoms with Crippen molar-refractivity contribution in [1.82, 2.24) is 9.97 Å². The lowest BCUT2D eigenvalue weighted by atomic mass is 9.93. The van der Waals surface area contributed by atoms with E-state index in [0.29, 0.717) is 17.7 Å². The average molecular weight is 549 g/mol. The molecular formula is C30H33ClN4O2S. The van der Waals surface area contributed by atoms with Crippen LogP contribution in [0.4, 0.5) is 11.6 Å². The zero-order valence-corrected chi connectivity index (χ0v) is 23.6. The Morgan fingerprint density at radius 3 is 2.50 bits per heavy atom. The summed E-state index contributed by atoms with van der Waals surface area (Å²) in [7, 11) is -3.82. The van der Waals surface area contributed by atoms with Gasteiger partial charge in [-0.05, 0) is 91.3 Å². The minimum atomic E-state index is -3.82. The first-order valence-electron chi connectivity index (χ1n) is 13.2. The third kappa shape index (κ3) is 5.36. The van der Waals surface area contributed by atoms with E-state index in [0.717, 1.165) is 45.1 Å². The van der Waals surface area contributed by atoms with Crippen LogP contribution in [0.5, 0.6) is 0 Å². The summed E-state index contributed by atoms with van der Waals surface area (Å²) in [4.78, 5) is 9.58. The number of hydrogen-bond acceptors (Lipinski definition) is 5. The normalized spacial score (nSPS) is 14.5. The molecule has 5 rings (SSSR count). The number of fused-ring (bicyclic) bond motifs is 1. The molecule has 38 heavy (non-hydrogen) atoms. The minimum Gasteiger partial charge on any atom is -0.351 e. The average Bonchev–Trinajstić information content (AvgIpc) is 2.91. The number of nitrogens with zero attached hydrogens (tertiary/aromatic N) is 2. The van der Waals surface area contributed by atoms with Gasteiger partial charge in [0.15, 0.2) is 0 Å². The summed E-state index contributed by atoms with van der Waals surface area (Å²) < 4.78 is 28.7. The Bertz CT molecular complexity index is 1600. The molecule has 4 aromatic rings. The van der Waals surface area contributed by atoms with Crippen molar-refractivity contribution in [3.8, 4) is 11.1 Å². The van der Waals surface area contributed by atoms with Gasteiger partial charge in [0, 0.05) is 17.6 Å². The number of halogens is 1. The second-order valence-electron chi connectivity index (χ2n) is 10.0. The number of sulfonamides is 1. The molecule has 0 radical (unpaired) electrons. The van der Waals surface area contributed by atoms with Crippen molar-refractivity contribution < 1.29 is 8.42 Å². The smallest absolute Gasteiger partial charge is 0.263 e. The van der Waals surface area contributed by atoms with Crippen molar-refractivity contribution in [2.24, 2.45) is 0 Å². The molecule has 1 aliphatic carbocycles. The van der Waals surface area contributed by atoms with Gasteiger partial charge in [-0.2, -0.15) is 0 Å². The molecule has 1 aliphatic rings. The monoisotopic (exact) mass is 548 g/mol. The van der Waals surface area contributed by atoms with Gasteiger partial charge in [0.25, 0.3) is 10.0 Å². The Labute approximate surface area is 229 Å². The van der Waals surface area contributed by atoms with Crippen molar-refractivity contribution in [3.63, 3.8) is 0 Å². The number of aromatic nitrogens is 2. The molecule has 8 heteroatoms. The molecule has 0 aliphatic heterocycles. The fraction of sp³-hybridized carbons (Fsp3) is 0.333. The Morgan fingerprint density at radius 2 is 1.76 bits per heavy atom. The maximum atomic E-state index is 13.0. The van der Waals surface area contributed by atoms with Gasteiger partial charge >= 0.3 is 0 Å². The SMILES string of the molecule is CCc1cc(-c2ccc(NS(=O)(=O)c3ccccc3Cl)c(C)c2C)cc2cnc(NC3CCCCC3)nc12. The van der Waals surface area contributed by atoms with E-state index in [-0.39, 0.29) is 9.92 Å². The lowest BCUT2D eigenvalue weighted by Gasteiger charge is -2.23. The van der Waals surface area contributed by atoms with Gasteiger partial charge in [-0.3, -0.25) is 4.72 Å². The molecule has 0 unspecified atom stereocenters. The molecule has 1 saturated carbocycles. The molecule has 3 aromatic carbocycles. The number of benzene rings is 3. The summed E-state index contributed by atoms with van der Waals surface area (Å²) in [5.74, 6) is 0.703. The highest BCUT2D eigenvalue weighted by molar-refractivity contribution is 7.92. The van der Waals surface area contributed by atoms with Crippen molar-refractivity contribution in [3.05, 3.63) is 76.4 Å². The summed E-state index contributed by atoms with van der Waals surface area (Å²) in [6, 6.07) is 15.0. The first kappa shape index (κ1) is 26.4. The topological polar surface area (TPSA) is 84.0 Å². The van der Waals surface area contributed by atoms with E-state index < -0.39 is 10.0 Å². The van der Waals surface area contributed by atoms with Crippen molar-refractivity contribution in [1.29, 1.82) is 0 Å². The maximum Gasteiger partial charge on any atom is 0.263 e. The summed E-state index contributed by atoms with van der Waals surface area (Å²) in [5, 5.41) is 4.72. The Kier molecular flexibility index (Phi) is 7.59. The first-order valence-corrected chi connectivity index (χ1v) is 15.1. The van der Waals surface area contributed by atoms with Crippen LogP contribution in [0.1, 0.15) is 55.7 Å². The summed E-state index contributed by atoms with van der Waals surface area (Å²) >= 11 is 6.15. The standard InChI is InChI=1S/C30H33ClN4O2S/c1-4-21-16-22(17-23-18-32-30(34-29(21)23)33-24-10-6-5-7-11-24)25-14-15-27(20(3)19(25)2)35-38(36,37)28-13-9-8-12-26(28)31/h8-9,12-18,24,35H,4-7,10-11H2,1-3H3,(H,32,33,34). The third-order valence-corrected chi connectivity index (χ3v) is 9.42. The highest BCUT2D eigenvalue weighted by atomic mass is 35.5.